The Kier molecular flexibility index (Phi) is 3.15. The molecule has 17 heavy (non-hydrogen) atoms. The summed E-state index contributed by atoms with van der Waals surface area (Å²) in [5.74, 6) is -0.395. The van der Waals surface area contributed by atoms with Crippen molar-refractivity contribution < 1.29 is 19.4 Å². The predicted molar refractivity (Wildman–Crippen MR) is 63.2 cm³/mol. The highest BCUT2D eigenvalue weighted by Crippen LogP contribution is 2.42. The number of hydrogen-bond acceptors (Lipinski definition) is 3. The van der Waals surface area contributed by atoms with Crippen LogP contribution in [-0.4, -0.2) is 24.3 Å². The molecule has 0 aliphatic carbocycles. The maximum atomic E-state index is 11.0. The molecule has 4 nitrogen and oxygen atoms in total. The molecule has 92 valence electrons. The molecule has 5 heteroatoms. The molecule has 0 saturated heterocycles. The molecule has 0 amide bonds. The van der Waals surface area contributed by atoms with E-state index in [9.17, 15) is 4.79 Å². The average molecular weight is 257 g/mol. The minimum Gasteiger partial charge on any atom is -0.486 e. The third-order valence-corrected chi connectivity index (χ3v) is 3.19. The number of hydrogen-bond donors (Lipinski definition) is 1. The number of halogens is 1. The van der Waals surface area contributed by atoms with E-state index in [2.05, 4.69) is 0 Å². The van der Waals surface area contributed by atoms with Gasteiger partial charge in [-0.2, -0.15) is 0 Å². The smallest absolute Gasteiger partial charge is 0.310 e. The molecule has 0 spiro atoms. The number of benzene rings is 1. The standard InChI is InChI=1S/C12H13ClO4/c1-6-10(7(2)12(14)15)8(13)5-9-11(6)17-4-3-16-9/h5,7H,3-4H2,1-2H3,(H,14,15). The van der Waals surface area contributed by atoms with Gasteiger partial charge in [-0.15, -0.1) is 0 Å². The van der Waals surface area contributed by atoms with Crippen molar-refractivity contribution in [2.75, 3.05) is 13.2 Å². The molecule has 0 radical (unpaired) electrons. The van der Waals surface area contributed by atoms with Gasteiger partial charge in [0, 0.05) is 16.7 Å². The summed E-state index contributed by atoms with van der Waals surface area (Å²) in [7, 11) is 0. The first-order valence-corrected chi connectivity index (χ1v) is 5.71. The number of ether oxygens (including phenoxy) is 2. The van der Waals surface area contributed by atoms with Crippen LogP contribution in [0.25, 0.3) is 0 Å². The zero-order chi connectivity index (χ0) is 12.6. The van der Waals surface area contributed by atoms with E-state index in [0.29, 0.717) is 35.3 Å². The molecule has 1 aromatic rings. The summed E-state index contributed by atoms with van der Waals surface area (Å²) >= 11 is 6.11. The van der Waals surface area contributed by atoms with Crippen LogP contribution in [0.1, 0.15) is 24.0 Å². The highest BCUT2D eigenvalue weighted by molar-refractivity contribution is 6.32. The first-order valence-electron chi connectivity index (χ1n) is 5.33. The molecule has 1 aromatic carbocycles. The lowest BCUT2D eigenvalue weighted by Gasteiger charge is -2.23. The third kappa shape index (κ3) is 2.05. The number of fused-ring (bicyclic) bond motifs is 1. The van der Waals surface area contributed by atoms with Crippen LogP contribution in [0.5, 0.6) is 11.5 Å². The second-order valence-corrected chi connectivity index (χ2v) is 4.39. The fraction of sp³-hybridized carbons (Fsp3) is 0.417. The SMILES string of the molecule is Cc1c2c(cc(Cl)c1C(C)C(=O)O)OCCO2. The first kappa shape index (κ1) is 12.0. The quantitative estimate of drug-likeness (QED) is 0.884. The molecule has 0 saturated carbocycles. The van der Waals surface area contributed by atoms with Gasteiger partial charge in [-0.1, -0.05) is 11.6 Å². The Labute approximate surface area is 104 Å². The molecule has 1 atom stereocenters. The van der Waals surface area contributed by atoms with Gasteiger partial charge in [-0.05, 0) is 19.4 Å². The molecule has 0 fully saturated rings. The largest absolute Gasteiger partial charge is 0.486 e. The summed E-state index contributed by atoms with van der Waals surface area (Å²) < 4.78 is 10.9. The zero-order valence-electron chi connectivity index (χ0n) is 9.62. The Morgan fingerprint density at radius 1 is 1.47 bits per heavy atom. The summed E-state index contributed by atoms with van der Waals surface area (Å²) in [5.41, 5.74) is 1.32. The van der Waals surface area contributed by atoms with Crippen LogP contribution >= 0.6 is 11.6 Å². The Morgan fingerprint density at radius 2 is 2.12 bits per heavy atom. The van der Waals surface area contributed by atoms with E-state index in [1.807, 2.05) is 0 Å². The zero-order valence-corrected chi connectivity index (χ0v) is 10.4. The highest BCUT2D eigenvalue weighted by atomic mass is 35.5. The van der Waals surface area contributed by atoms with Crippen molar-refractivity contribution in [3.05, 3.63) is 22.2 Å². The molecule has 1 unspecified atom stereocenters. The van der Waals surface area contributed by atoms with E-state index in [0.717, 1.165) is 5.56 Å². The van der Waals surface area contributed by atoms with Crippen molar-refractivity contribution in [2.24, 2.45) is 0 Å². The van der Waals surface area contributed by atoms with Gasteiger partial charge < -0.3 is 14.6 Å². The van der Waals surface area contributed by atoms with Crippen LogP contribution in [-0.2, 0) is 4.79 Å². The highest BCUT2D eigenvalue weighted by Gasteiger charge is 2.25. The Balaban J connectivity index is 2.57. The number of carboxylic acid groups (broad SMARTS) is 1. The summed E-state index contributed by atoms with van der Waals surface area (Å²) in [6.07, 6.45) is 0. The summed E-state index contributed by atoms with van der Waals surface area (Å²) in [4.78, 5) is 11.0. The van der Waals surface area contributed by atoms with E-state index < -0.39 is 11.9 Å². The van der Waals surface area contributed by atoms with E-state index in [1.54, 1.807) is 19.9 Å². The molecular formula is C12H13ClO4. The molecule has 0 aromatic heterocycles. The Bertz CT molecular complexity index is 470. The normalized spacial score (nSPS) is 15.5. The van der Waals surface area contributed by atoms with E-state index in [-0.39, 0.29) is 0 Å². The maximum absolute atomic E-state index is 11.0. The van der Waals surface area contributed by atoms with Crippen LogP contribution in [0.3, 0.4) is 0 Å². The van der Waals surface area contributed by atoms with Crippen LogP contribution < -0.4 is 9.47 Å². The predicted octanol–water partition coefficient (Wildman–Crippen LogP) is 2.61. The van der Waals surface area contributed by atoms with Gasteiger partial charge in [0.1, 0.15) is 13.2 Å². The Hall–Kier alpha value is -1.42. The van der Waals surface area contributed by atoms with Crippen LogP contribution in [0.4, 0.5) is 0 Å². The third-order valence-electron chi connectivity index (χ3n) is 2.87. The second-order valence-electron chi connectivity index (χ2n) is 3.98. The number of rotatable bonds is 2. The first-order chi connectivity index (χ1) is 8.02. The molecule has 1 N–H and O–H groups in total. The lowest BCUT2D eigenvalue weighted by Crippen LogP contribution is -2.18. The molecule has 1 aliphatic rings. The fourth-order valence-corrected chi connectivity index (χ4v) is 2.39. The summed E-state index contributed by atoms with van der Waals surface area (Å²) in [6.45, 7) is 4.35. The molecule has 0 bridgehead atoms. The molecule has 2 rings (SSSR count). The van der Waals surface area contributed by atoms with Gasteiger partial charge in [0.2, 0.25) is 0 Å². The van der Waals surface area contributed by atoms with E-state index >= 15 is 0 Å². The minimum atomic E-state index is -0.910. The van der Waals surface area contributed by atoms with Gasteiger partial charge in [-0.3, -0.25) is 4.79 Å². The number of carboxylic acids is 1. The van der Waals surface area contributed by atoms with Crippen molar-refractivity contribution in [3.63, 3.8) is 0 Å². The lowest BCUT2D eigenvalue weighted by molar-refractivity contribution is -0.138. The number of aliphatic carboxylic acids is 1. The van der Waals surface area contributed by atoms with Gasteiger partial charge >= 0.3 is 5.97 Å². The van der Waals surface area contributed by atoms with Crippen LogP contribution in [0.2, 0.25) is 5.02 Å². The average Bonchev–Trinajstić information content (AvgIpc) is 2.28. The van der Waals surface area contributed by atoms with Gasteiger partial charge in [0.05, 0.1) is 5.92 Å². The van der Waals surface area contributed by atoms with E-state index in [4.69, 9.17) is 26.2 Å². The van der Waals surface area contributed by atoms with Crippen LogP contribution in [0.15, 0.2) is 6.07 Å². The van der Waals surface area contributed by atoms with Crippen molar-refractivity contribution in [1.29, 1.82) is 0 Å². The molecule has 1 aliphatic heterocycles. The minimum absolute atomic E-state index is 0.404. The van der Waals surface area contributed by atoms with Crippen molar-refractivity contribution >= 4 is 17.6 Å². The van der Waals surface area contributed by atoms with Gasteiger partial charge in [0.15, 0.2) is 11.5 Å². The van der Waals surface area contributed by atoms with Crippen LogP contribution in [0, 0.1) is 6.92 Å². The molecule has 1 heterocycles. The topological polar surface area (TPSA) is 55.8 Å². The molecular weight excluding hydrogens is 244 g/mol. The lowest BCUT2D eigenvalue weighted by atomic mass is 9.95. The van der Waals surface area contributed by atoms with Crippen molar-refractivity contribution in [1.82, 2.24) is 0 Å². The van der Waals surface area contributed by atoms with Crippen molar-refractivity contribution in [3.8, 4) is 11.5 Å². The maximum Gasteiger partial charge on any atom is 0.310 e. The van der Waals surface area contributed by atoms with E-state index in [1.165, 1.54) is 0 Å². The van der Waals surface area contributed by atoms with Gasteiger partial charge in [-0.25, -0.2) is 0 Å². The second kappa shape index (κ2) is 4.45. The summed E-state index contributed by atoms with van der Waals surface area (Å²) in [6, 6.07) is 1.62. The Morgan fingerprint density at radius 3 is 2.76 bits per heavy atom. The fourth-order valence-electron chi connectivity index (χ4n) is 1.98. The van der Waals surface area contributed by atoms with Gasteiger partial charge in [0.25, 0.3) is 0 Å². The summed E-state index contributed by atoms with van der Waals surface area (Å²) in [5, 5.41) is 9.46. The monoisotopic (exact) mass is 256 g/mol. The number of carbonyl (C=O) groups is 1. The van der Waals surface area contributed by atoms with Crippen molar-refractivity contribution in [2.45, 2.75) is 19.8 Å².